The molecule has 0 atom stereocenters. The van der Waals surface area contributed by atoms with E-state index in [1.54, 1.807) is 6.92 Å². The highest BCUT2D eigenvalue weighted by molar-refractivity contribution is 5.93. The predicted molar refractivity (Wildman–Crippen MR) is 65.2 cm³/mol. The largest absolute Gasteiger partial charge is 0.464 e. The molecule has 6 nitrogen and oxygen atoms in total. The summed E-state index contributed by atoms with van der Waals surface area (Å²) in [6, 6.07) is 0. The number of carbonyl (C=O) groups is 2. The molecule has 0 unspecified atom stereocenters. The van der Waals surface area contributed by atoms with Gasteiger partial charge in [0.15, 0.2) is 11.5 Å². The van der Waals surface area contributed by atoms with Crippen molar-refractivity contribution in [1.29, 1.82) is 0 Å². The Balaban J connectivity index is 2.52. The number of aromatic nitrogens is 3. The van der Waals surface area contributed by atoms with Crippen LogP contribution in [0.1, 0.15) is 43.4 Å². The lowest BCUT2D eigenvalue weighted by Gasteiger charge is -2.07. The summed E-state index contributed by atoms with van der Waals surface area (Å²) in [6.07, 6.45) is 0.834. The molecule has 18 heavy (non-hydrogen) atoms. The van der Waals surface area contributed by atoms with Gasteiger partial charge in [0.05, 0.1) is 12.3 Å². The van der Waals surface area contributed by atoms with Crippen molar-refractivity contribution >= 4 is 11.8 Å². The van der Waals surface area contributed by atoms with Gasteiger partial charge in [-0.25, -0.2) is 4.68 Å². The van der Waals surface area contributed by atoms with E-state index in [4.69, 9.17) is 4.74 Å². The van der Waals surface area contributed by atoms with Crippen molar-refractivity contribution < 1.29 is 14.3 Å². The first-order chi connectivity index (χ1) is 8.41. The monoisotopic (exact) mass is 253 g/mol. The zero-order valence-corrected chi connectivity index (χ0v) is 11.3. The summed E-state index contributed by atoms with van der Waals surface area (Å²) in [5.41, 5.74) is 0.883. The first kappa shape index (κ1) is 14.3. The lowest BCUT2D eigenvalue weighted by atomic mass is 10.1. The van der Waals surface area contributed by atoms with Crippen LogP contribution in [-0.4, -0.2) is 33.4 Å². The maximum atomic E-state index is 11.5. The van der Waals surface area contributed by atoms with E-state index in [0.717, 1.165) is 6.42 Å². The first-order valence-electron chi connectivity index (χ1n) is 5.98. The summed E-state index contributed by atoms with van der Waals surface area (Å²) < 4.78 is 6.45. The SMILES string of the molecule is CC(=O)c1nnn(CC(=O)OCCC(C)C)c1C. The second kappa shape index (κ2) is 6.28. The van der Waals surface area contributed by atoms with Crippen molar-refractivity contribution in [3.8, 4) is 0 Å². The van der Waals surface area contributed by atoms with Gasteiger partial charge >= 0.3 is 5.97 Å². The van der Waals surface area contributed by atoms with Crippen LogP contribution in [0.5, 0.6) is 0 Å². The lowest BCUT2D eigenvalue weighted by molar-refractivity contribution is -0.144. The summed E-state index contributed by atoms with van der Waals surface area (Å²) in [4.78, 5) is 22.7. The number of Topliss-reactive ketones (excluding diaryl/α,β-unsaturated/α-hetero) is 1. The van der Waals surface area contributed by atoms with E-state index in [2.05, 4.69) is 24.2 Å². The minimum Gasteiger partial charge on any atom is -0.464 e. The van der Waals surface area contributed by atoms with Crippen LogP contribution in [0.25, 0.3) is 0 Å². The van der Waals surface area contributed by atoms with Gasteiger partial charge in [-0.3, -0.25) is 9.59 Å². The van der Waals surface area contributed by atoms with Crippen molar-refractivity contribution in [2.75, 3.05) is 6.61 Å². The van der Waals surface area contributed by atoms with E-state index in [-0.39, 0.29) is 18.3 Å². The second-order valence-electron chi connectivity index (χ2n) is 4.64. The highest BCUT2D eigenvalue weighted by Crippen LogP contribution is 2.05. The fourth-order valence-corrected chi connectivity index (χ4v) is 1.41. The lowest BCUT2D eigenvalue weighted by Crippen LogP contribution is -2.17. The van der Waals surface area contributed by atoms with Crippen molar-refractivity contribution in [3.63, 3.8) is 0 Å². The van der Waals surface area contributed by atoms with Crippen LogP contribution in [0.2, 0.25) is 0 Å². The fraction of sp³-hybridized carbons (Fsp3) is 0.667. The summed E-state index contributed by atoms with van der Waals surface area (Å²) in [6.45, 7) is 7.65. The number of ether oxygens (including phenoxy) is 1. The van der Waals surface area contributed by atoms with E-state index >= 15 is 0 Å². The molecular formula is C12H19N3O3. The first-order valence-corrected chi connectivity index (χ1v) is 5.98. The number of ketones is 1. The molecule has 1 aromatic heterocycles. The quantitative estimate of drug-likeness (QED) is 0.565. The number of hydrogen-bond donors (Lipinski definition) is 0. The molecule has 0 bridgehead atoms. The highest BCUT2D eigenvalue weighted by atomic mass is 16.5. The van der Waals surface area contributed by atoms with Gasteiger partial charge < -0.3 is 4.74 Å². The van der Waals surface area contributed by atoms with Crippen LogP contribution < -0.4 is 0 Å². The third-order valence-electron chi connectivity index (χ3n) is 2.55. The van der Waals surface area contributed by atoms with Crippen LogP contribution in [0.3, 0.4) is 0 Å². The van der Waals surface area contributed by atoms with Crippen molar-refractivity contribution in [2.24, 2.45) is 5.92 Å². The second-order valence-corrected chi connectivity index (χ2v) is 4.64. The molecule has 0 spiro atoms. The Labute approximate surface area is 106 Å². The molecule has 0 aliphatic heterocycles. The van der Waals surface area contributed by atoms with Crippen LogP contribution in [-0.2, 0) is 16.1 Å². The van der Waals surface area contributed by atoms with Gasteiger partial charge in [0.2, 0.25) is 0 Å². The smallest absolute Gasteiger partial charge is 0.327 e. The summed E-state index contributed by atoms with van der Waals surface area (Å²) in [7, 11) is 0. The molecule has 0 aromatic carbocycles. The van der Waals surface area contributed by atoms with Crippen LogP contribution in [0.4, 0.5) is 0 Å². The van der Waals surface area contributed by atoms with Crippen LogP contribution >= 0.6 is 0 Å². The van der Waals surface area contributed by atoms with E-state index in [1.807, 2.05) is 0 Å². The Morgan fingerprint density at radius 1 is 1.39 bits per heavy atom. The van der Waals surface area contributed by atoms with Crippen molar-refractivity contribution in [1.82, 2.24) is 15.0 Å². The maximum absolute atomic E-state index is 11.5. The highest BCUT2D eigenvalue weighted by Gasteiger charge is 2.15. The van der Waals surface area contributed by atoms with Gasteiger partial charge in [-0.1, -0.05) is 19.1 Å². The molecule has 0 aliphatic carbocycles. The summed E-state index contributed by atoms with van der Waals surface area (Å²) in [5.74, 6) is -0.0269. The van der Waals surface area contributed by atoms with E-state index in [1.165, 1.54) is 11.6 Å². The molecule has 100 valence electrons. The molecule has 6 heteroatoms. The molecule has 0 fully saturated rings. The molecule has 0 radical (unpaired) electrons. The molecule has 1 heterocycles. The molecule has 0 saturated heterocycles. The molecule has 0 N–H and O–H groups in total. The number of hydrogen-bond acceptors (Lipinski definition) is 5. The molecule has 0 amide bonds. The topological polar surface area (TPSA) is 74.1 Å². The third-order valence-corrected chi connectivity index (χ3v) is 2.55. The standard InChI is InChI=1S/C12H19N3O3/c1-8(2)5-6-18-11(17)7-15-9(3)12(10(4)16)13-14-15/h8H,5-7H2,1-4H3. The average Bonchev–Trinajstić information content (AvgIpc) is 2.60. The fourth-order valence-electron chi connectivity index (χ4n) is 1.41. The minimum atomic E-state index is -0.362. The molecular weight excluding hydrogens is 234 g/mol. The molecule has 1 rings (SSSR count). The Morgan fingerprint density at radius 3 is 2.56 bits per heavy atom. The summed E-state index contributed by atoms with van der Waals surface area (Å²) in [5, 5.41) is 7.50. The zero-order valence-electron chi connectivity index (χ0n) is 11.3. The summed E-state index contributed by atoms with van der Waals surface area (Å²) >= 11 is 0. The predicted octanol–water partition coefficient (Wildman–Crippen LogP) is 1.38. The van der Waals surface area contributed by atoms with Crippen LogP contribution in [0, 0.1) is 12.8 Å². The van der Waals surface area contributed by atoms with Gasteiger partial charge in [-0.2, -0.15) is 0 Å². The van der Waals surface area contributed by atoms with Gasteiger partial charge in [0.25, 0.3) is 0 Å². The Kier molecular flexibility index (Phi) is 5.00. The Morgan fingerprint density at radius 2 is 2.06 bits per heavy atom. The van der Waals surface area contributed by atoms with Gasteiger partial charge in [-0.05, 0) is 19.3 Å². The molecule has 0 saturated carbocycles. The van der Waals surface area contributed by atoms with E-state index in [9.17, 15) is 9.59 Å². The van der Waals surface area contributed by atoms with Crippen molar-refractivity contribution in [2.45, 2.75) is 40.7 Å². The number of rotatable bonds is 6. The van der Waals surface area contributed by atoms with E-state index < -0.39 is 0 Å². The van der Waals surface area contributed by atoms with Crippen molar-refractivity contribution in [3.05, 3.63) is 11.4 Å². The number of nitrogens with zero attached hydrogens (tertiary/aromatic N) is 3. The maximum Gasteiger partial charge on any atom is 0.327 e. The normalized spacial score (nSPS) is 10.7. The number of esters is 1. The van der Waals surface area contributed by atoms with Crippen LogP contribution in [0.15, 0.2) is 0 Å². The Bertz CT molecular complexity index is 438. The number of carbonyl (C=O) groups excluding carboxylic acids is 2. The zero-order chi connectivity index (χ0) is 13.7. The molecule has 1 aromatic rings. The van der Waals surface area contributed by atoms with Gasteiger partial charge in [0, 0.05) is 6.92 Å². The third kappa shape index (κ3) is 3.94. The average molecular weight is 253 g/mol. The molecule has 0 aliphatic rings. The Hall–Kier alpha value is -1.72. The van der Waals surface area contributed by atoms with Gasteiger partial charge in [0.1, 0.15) is 6.54 Å². The van der Waals surface area contributed by atoms with E-state index in [0.29, 0.717) is 23.9 Å². The van der Waals surface area contributed by atoms with Gasteiger partial charge in [-0.15, -0.1) is 5.10 Å². The minimum absolute atomic E-state index is 0.00971.